The molecule has 1 aliphatic rings. The van der Waals surface area contributed by atoms with Gasteiger partial charge in [0.25, 0.3) is 0 Å². The molecule has 2 rings (SSSR count). The summed E-state index contributed by atoms with van der Waals surface area (Å²) in [6, 6.07) is 9.55. The van der Waals surface area contributed by atoms with Gasteiger partial charge in [-0.1, -0.05) is 35.5 Å². The number of benzene rings is 1. The molecule has 0 saturated carbocycles. The molecular weight excluding hydrogens is 246 g/mol. The Bertz CT molecular complexity index is 461. The molecule has 0 radical (unpaired) electrons. The van der Waals surface area contributed by atoms with Crippen LogP contribution in [0.15, 0.2) is 35.5 Å². The fraction of sp³-hybridized carbons (Fsp3) is 0.385. The SMILES string of the molecule is NC(=NO)C1CN(C(=O)Cc2ccccc2)CCO1. The first-order valence-corrected chi connectivity index (χ1v) is 6.11. The Hall–Kier alpha value is -2.08. The molecule has 1 amide bonds. The van der Waals surface area contributed by atoms with Gasteiger partial charge in [0.2, 0.25) is 5.91 Å². The molecule has 6 nitrogen and oxygen atoms in total. The van der Waals surface area contributed by atoms with Crippen LogP contribution in [0.25, 0.3) is 0 Å². The third-order valence-electron chi connectivity index (χ3n) is 3.06. The molecule has 1 saturated heterocycles. The number of amidine groups is 1. The minimum atomic E-state index is -0.529. The molecular formula is C13H17N3O3. The summed E-state index contributed by atoms with van der Waals surface area (Å²) in [6.07, 6.45) is -0.178. The Balaban J connectivity index is 1.96. The van der Waals surface area contributed by atoms with Crippen molar-refractivity contribution in [1.82, 2.24) is 4.90 Å². The average Bonchev–Trinajstić information content (AvgIpc) is 2.47. The lowest BCUT2D eigenvalue weighted by Crippen LogP contribution is -2.50. The molecule has 3 N–H and O–H groups in total. The number of nitrogens with two attached hydrogens (primary N) is 1. The van der Waals surface area contributed by atoms with Gasteiger partial charge in [-0.15, -0.1) is 0 Å². The highest BCUT2D eigenvalue weighted by Crippen LogP contribution is 2.09. The number of rotatable bonds is 3. The van der Waals surface area contributed by atoms with Crippen LogP contribution in [0.3, 0.4) is 0 Å². The van der Waals surface area contributed by atoms with Gasteiger partial charge in [0.05, 0.1) is 19.6 Å². The zero-order chi connectivity index (χ0) is 13.7. The van der Waals surface area contributed by atoms with Gasteiger partial charge in [-0.05, 0) is 5.56 Å². The molecule has 102 valence electrons. The molecule has 19 heavy (non-hydrogen) atoms. The van der Waals surface area contributed by atoms with Crippen LogP contribution in [0.1, 0.15) is 5.56 Å². The van der Waals surface area contributed by atoms with Crippen molar-refractivity contribution in [1.29, 1.82) is 0 Å². The number of carbonyl (C=O) groups excluding carboxylic acids is 1. The summed E-state index contributed by atoms with van der Waals surface area (Å²) < 4.78 is 5.35. The van der Waals surface area contributed by atoms with Gasteiger partial charge >= 0.3 is 0 Å². The topological polar surface area (TPSA) is 88.2 Å². The van der Waals surface area contributed by atoms with Crippen molar-refractivity contribution in [3.05, 3.63) is 35.9 Å². The quantitative estimate of drug-likeness (QED) is 0.353. The summed E-state index contributed by atoms with van der Waals surface area (Å²) in [5.41, 5.74) is 6.47. The average molecular weight is 263 g/mol. The van der Waals surface area contributed by atoms with Crippen LogP contribution in [-0.4, -0.2) is 47.7 Å². The van der Waals surface area contributed by atoms with E-state index in [1.165, 1.54) is 0 Å². The Morgan fingerprint density at radius 1 is 1.47 bits per heavy atom. The third kappa shape index (κ3) is 3.45. The number of oxime groups is 1. The zero-order valence-electron chi connectivity index (χ0n) is 10.5. The number of nitrogens with zero attached hydrogens (tertiary/aromatic N) is 2. The van der Waals surface area contributed by atoms with E-state index in [2.05, 4.69) is 5.16 Å². The minimum Gasteiger partial charge on any atom is -0.409 e. The van der Waals surface area contributed by atoms with E-state index < -0.39 is 6.10 Å². The Morgan fingerprint density at radius 3 is 2.89 bits per heavy atom. The molecule has 1 aromatic rings. The van der Waals surface area contributed by atoms with Crippen LogP contribution in [0.2, 0.25) is 0 Å². The standard InChI is InChI=1S/C13H17N3O3/c14-13(15-18)11-9-16(6-7-19-11)12(17)8-10-4-2-1-3-5-10/h1-5,11,18H,6-9H2,(H2,14,15). The van der Waals surface area contributed by atoms with Gasteiger partial charge in [-0.3, -0.25) is 4.79 Å². The maximum Gasteiger partial charge on any atom is 0.227 e. The molecule has 0 aliphatic carbocycles. The minimum absolute atomic E-state index is 0.00258. The van der Waals surface area contributed by atoms with Crippen molar-refractivity contribution in [2.24, 2.45) is 10.9 Å². The number of hydrogen-bond acceptors (Lipinski definition) is 4. The maximum atomic E-state index is 12.2. The first-order chi connectivity index (χ1) is 9.20. The van der Waals surface area contributed by atoms with E-state index in [1.807, 2.05) is 30.3 Å². The Kier molecular flexibility index (Phi) is 4.35. The molecule has 1 aliphatic heterocycles. The fourth-order valence-corrected chi connectivity index (χ4v) is 2.00. The lowest BCUT2D eigenvalue weighted by Gasteiger charge is -2.32. The summed E-state index contributed by atoms with van der Waals surface area (Å²) in [5, 5.41) is 11.5. The van der Waals surface area contributed by atoms with Crippen molar-refractivity contribution < 1.29 is 14.7 Å². The van der Waals surface area contributed by atoms with Gasteiger partial charge in [0, 0.05) is 6.54 Å². The van der Waals surface area contributed by atoms with Crippen LogP contribution < -0.4 is 5.73 Å². The Labute approximate surface area is 111 Å². The van der Waals surface area contributed by atoms with E-state index in [9.17, 15) is 4.79 Å². The van der Waals surface area contributed by atoms with E-state index >= 15 is 0 Å². The second kappa shape index (κ2) is 6.19. The number of amides is 1. The van der Waals surface area contributed by atoms with Crippen LogP contribution in [0, 0.1) is 0 Å². The zero-order valence-corrected chi connectivity index (χ0v) is 10.5. The van der Waals surface area contributed by atoms with Crippen molar-refractivity contribution in [3.8, 4) is 0 Å². The van der Waals surface area contributed by atoms with Crippen LogP contribution in [0.5, 0.6) is 0 Å². The molecule has 1 unspecified atom stereocenters. The van der Waals surface area contributed by atoms with Gasteiger partial charge in [0.15, 0.2) is 5.84 Å². The largest absolute Gasteiger partial charge is 0.409 e. The third-order valence-corrected chi connectivity index (χ3v) is 3.06. The molecule has 1 aromatic carbocycles. The summed E-state index contributed by atoms with van der Waals surface area (Å²) >= 11 is 0. The van der Waals surface area contributed by atoms with Crippen molar-refractivity contribution in [2.75, 3.05) is 19.7 Å². The number of hydrogen-bond donors (Lipinski definition) is 2. The molecule has 6 heteroatoms. The van der Waals surface area contributed by atoms with Crippen LogP contribution >= 0.6 is 0 Å². The first-order valence-electron chi connectivity index (χ1n) is 6.11. The molecule has 1 fully saturated rings. The highest BCUT2D eigenvalue weighted by Gasteiger charge is 2.26. The van der Waals surface area contributed by atoms with E-state index in [1.54, 1.807) is 4.90 Å². The van der Waals surface area contributed by atoms with E-state index in [0.717, 1.165) is 5.56 Å². The lowest BCUT2D eigenvalue weighted by atomic mass is 10.1. The van der Waals surface area contributed by atoms with Crippen molar-refractivity contribution in [3.63, 3.8) is 0 Å². The highest BCUT2D eigenvalue weighted by atomic mass is 16.5. The predicted octanol–water partition coefficient (Wildman–Crippen LogP) is 0.203. The monoisotopic (exact) mass is 263 g/mol. The highest BCUT2D eigenvalue weighted by molar-refractivity contribution is 5.86. The number of ether oxygens (including phenoxy) is 1. The fourth-order valence-electron chi connectivity index (χ4n) is 2.00. The van der Waals surface area contributed by atoms with E-state index in [4.69, 9.17) is 15.7 Å². The van der Waals surface area contributed by atoms with Crippen LogP contribution in [0.4, 0.5) is 0 Å². The van der Waals surface area contributed by atoms with Crippen LogP contribution in [-0.2, 0) is 16.0 Å². The molecule has 0 spiro atoms. The molecule has 0 aromatic heterocycles. The smallest absolute Gasteiger partial charge is 0.227 e. The first kappa shape index (κ1) is 13.4. The lowest BCUT2D eigenvalue weighted by molar-refractivity contribution is -0.135. The van der Waals surface area contributed by atoms with Gasteiger partial charge in [-0.25, -0.2) is 0 Å². The number of carbonyl (C=O) groups is 1. The summed E-state index contributed by atoms with van der Waals surface area (Å²) in [6.45, 7) is 1.24. The van der Waals surface area contributed by atoms with Crippen molar-refractivity contribution in [2.45, 2.75) is 12.5 Å². The van der Waals surface area contributed by atoms with E-state index in [0.29, 0.717) is 26.1 Å². The predicted molar refractivity (Wildman–Crippen MR) is 69.9 cm³/mol. The normalized spacial score (nSPS) is 20.3. The second-order valence-corrected chi connectivity index (χ2v) is 4.39. The summed E-state index contributed by atoms with van der Waals surface area (Å²) in [4.78, 5) is 13.8. The van der Waals surface area contributed by atoms with Crippen molar-refractivity contribution >= 4 is 11.7 Å². The Morgan fingerprint density at radius 2 is 2.21 bits per heavy atom. The molecule has 1 heterocycles. The maximum absolute atomic E-state index is 12.2. The van der Waals surface area contributed by atoms with E-state index in [-0.39, 0.29) is 11.7 Å². The molecule has 0 bridgehead atoms. The summed E-state index contributed by atoms with van der Waals surface area (Å²) in [5.74, 6) is 0.0162. The molecule has 1 atom stereocenters. The number of morpholine rings is 1. The van der Waals surface area contributed by atoms with Gasteiger partial charge in [0.1, 0.15) is 6.10 Å². The van der Waals surface area contributed by atoms with Gasteiger partial charge < -0.3 is 20.6 Å². The summed E-state index contributed by atoms with van der Waals surface area (Å²) in [7, 11) is 0. The van der Waals surface area contributed by atoms with Gasteiger partial charge in [-0.2, -0.15) is 0 Å². The second-order valence-electron chi connectivity index (χ2n) is 4.39.